The monoisotopic (exact) mass is 275 g/mol. The first-order valence-electron chi connectivity index (χ1n) is 5.53. The molecule has 0 aromatic heterocycles. The predicted octanol–water partition coefficient (Wildman–Crippen LogP) is 3.42. The van der Waals surface area contributed by atoms with Gasteiger partial charge in [-0.25, -0.2) is 4.72 Å². The zero-order valence-corrected chi connectivity index (χ0v) is 10.3. The SMILES string of the molecule is O=CC1(NSc2ccccc2C(F)(F)F)CCC1. The third kappa shape index (κ3) is 2.70. The van der Waals surface area contributed by atoms with E-state index >= 15 is 0 Å². The number of benzene rings is 1. The third-order valence-electron chi connectivity index (χ3n) is 3.03. The second-order valence-electron chi connectivity index (χ2n) is 4.33. The van der Waals surface area contributed by atoms with Crippen LogP contribution in [0.5, 0.6) is 0 Å². The van der Waals surface area contributed by atoms with Crippen molar-refractivity contribution in [1.82, 2.24) is 4.72 Å². The minimum Gasteiger partial charge on any atom is -0.301 e. The molecule has 0 atom stereocenters. The molecule has 1 N–H and O–H groups in total. The number of carbonyl (C=O) groups excluding carboxylic acids is 1. The molecule has 1 aromatic carbocycles. The molecular formula is C12H12F3NOS. The number of halogens is 3. The van der Waals surface area contributed by atoms with Gasteiger partial charge in [-0.05, 0) is 43.3 Å². The summed E-state index contributed by atoms with van der Waals surface area (Å²) in [6.07, 6.45) is -1.30. The molecule has 0 radical (unpaired) electrons. The van der Waals surface area contributed by atoms with Crippen LogP contribution < -0.4 is 4.72 Å². The molecule has 0 aliphatic heterocycles. The Labute approximate surface area is 107 Å². The van der Waals surface area contributed by atoms with Crippen LogP contribution in [0.1, 0.15) is 24.8 Å². The van der Waals surface area contributed by atoms with Crippen LogP contribution in [-0.4, -0.2) is 11.8 Å². The van der Waals surface area contributed by atoms with E-state index < -0.39 is 17.3 Å². The van der Waals surface area contributed by atoms with E-state index in [1.54, 1.807) is 6.07 Å². The average Bonchev–Trinajstić information content (AvgIpc) is 2.27. The fraction of sp³-hybridized carbons (Fsp3) is 0.417. The number of nitrogens with one attached hydrogen (secondary N) is 1. The summed E-state index contributed by atoms with van der Waals surface area (Å²) in [7, 11) is 0. The number of carbonyl (C=O) groups is 1. The zero-order chi connectivity index (χ0) is 13.2. The highest BCUT2D eigenvalue weighted by atomic mass is 32.2. The van der Waals surface area contributed by atoms with Gasteiger partial charge in [0.1, 0.15) is 6.29 Å². The molecule has 98 valence electrons. The lowest BCUT2D eigenvalue weighted by Crippen LogP contribution is -2.49. The molecule has 1 fully saturated rings. The maximum Gasteiger partial charge on any atom is 0.417 e. The van der Waals surface area contributed by atoms with Crippen LogP contribution in [0.2, 0.25) is 0 Å². The highest BCUT2D eigenvalue weighted by molar-refractivity contribution is 7.97. The lowest BCUT2D eigenvalue weighted by molar-refractivity contribution is -0.139. The Morgan fingerprint density at radius 1 is 1.28 bits per heavy atom. The third-order valence-corrected chi connectivity index (χ3v) is 4.11. The van der Waals surface area contributed by atoms with Gasteiger partial charge in [-0.1, -0.05) is 12.1 Å². The summed E-state index contributed by atoms with van der Waals surface area (Å²) in [4.78, 5) is 11.0. The lowest BCUT2D eigenvalue weighted by atomic mass is 9.79. The van der Waals surface area contributed by atoms with E-state index in [2.05, 4.69) is 4.72 Å². The van der Waals surface area contributed by atoms with Gasteiger partial charge in [-0.3, -0.25) is 0 Å². The summed E-state index contributed by atoms with van der Waals surface area (Å²) in [6.45, 7) is 0. The van der Waals surface area contributed by atoms with Crippen molar-refractivity contribution < 1.29 is 18.0 Å². The molecule has 2 nitrogen and oxygen atoms in total. The van der Waals surface area contributed by atoms with Gasteiger partial charge in [-0.2, -0.15) is 13.2 Å². The highest BCUT2D eigenvalue weighted by Crippen LogP contribution is 2.38. The predicted molar refractivity (Wildman–Crippen MR) is 63.1 cm³/mol. The van der Waals surface area contributed by atoms with Crippen molar-refractivity contribution in [2.75, 3.05) is 0 Å². The van der Waals surface area contributed by atoms with Gasteiger partial charge in [0.05, 0.1) is 11.1 Å². The topological polar surface area (TPSA) is 29.1 Å². The van der Waals surface area contributed by atoms with E-state index in [0.717, 1.165) is 30.7 Å². The van der Waals surface area contributed by atoms with Crippen molar-refractivity contribution in [1.29, 1.82) is 0 Å². The fourth-order valence-electron chi connectivity index (χ4n) is 1.75. The van der Waals surface area contributed by atoms with Crippen molar-refractivity contribution in [2.24, 2.45) is 0 Å². The van der Waals surface area contributed by atoms with Crippen molar-refractivity contribution in [3.63, 3.8) is 0 Å². The summed E-state index contributed by atoms with van der Waals surface area (Å²) in [5, 5.41) is 0. The number of alkyl halides is 3. The molecule has 1 saturated carbocycles. The summed E-state index contributed by atoms with van der Waals surface area (Å²) in [5.41, 5.74) is -1.33. The molecular weight excluding hydrogens is 263 g/mol. The molecule has 0 saturated heterocycles. The van der Waals surface area contributed by atoms with Gasteiger partial charge in [-0.15, -0.1) is 0 Å². The molecule has 0 amide bonds. The van der Waals surface area contributed by atoms with Crippen molar-refractivity contribution in [3.8, 4) is 0 Å². The summed E-state index contributed by atoms with van der Waals surface area (Å²) >= 11 is 0.880. The molecule has 18 heavy (non-hydrogen) atoms. The van der Waals surface area contributed by atoms with Crippen molar-refractivity contribution in [2.45, 2.75) is 35.9 Å². The Balaban J connectivity index is 2.12. The van der Waals surface area contributed by atoms with Crippen LogP contribution in [0.25, 0.3) is 0 Å². The number of aldehydes is 1. The van der Waals surface area contributed by atoms with Gasteiger partial charge in [0.2, 0.25) is 0 Å². The first-order valence-corrected chi connectivity index (χ1v) is 6.35. The molecule has 0 spiro atoms. The molecule has 0 heterocycles. The van der Waals surface area contributed by atoms with E-state index in [-0.39, 0.29) is 4.90 Å². The Hall–Kier alpha value is -1.01. The quantitative estimate of drug-likeness (QED) is 0.674. The average molecular weight is 275 g/mol. The van der Waals surface area contributed by atoms with Crippen molar-refractivity contribution >= 4 is 18.2 Å². The first kappa shape index (κ1) is 13.4. The Bertz CT molecular complexity index is 443. The summed E-state index contributed by atoms with van der Waals surface area (Å²) < 4.78 is 41.1. The molecule has 2 rings (SSSR count). The standard InChI is InChI=1S/C12H12F3NOS/c13-12(14,15)9-4-1-2-5-10(9)18-16-11(8-17)6-3-7-11/h1-2,4-5,8,16H,3,6-7H2. The lowest BCUT2D eigenvalue weighted by Gasteiger charge is -2.37. The van der Waals surface area contributed by atoms with Gasteiger partial charge >= 0.3 is 6.18 Å². The van der Waals surface area contributed by atoms with Crippen LogP contribution >= 0.6 is 11.9 Å². The van der Waals surface area contributed by atoms with E-state index in [4.69, 9.17) is 0 Å². The van der Waals surface area contributed by atoms with Crippen LogP contribution in [-0.2, 0) is 11.0 Å². The molecule has 1 aliphatic carbocycles. The minimum absolute atomic E-state index is 0.0955. The van der Waals surface area contributed by atoms with Crippen LogP contribution in [0, 0.1) is 0 Å². The minimum atomic E-state index is -4.38. The molecule has 6 heteroatoms. The van der Waals surface area contributed by atoms with E-state index in [0.29, 0.717) is 12.8 Å². The van der Waals surface area contributed by atoms with Crippen LogP contribution in [0.15, 0.2) is 29.2 Å². The number of rotatable bonds is 4. The zero-order valence-electron chi connectivity index (χ0n) is 9.46. The number of hydrogen-bond donors (Lipinski definition) is 1. The Kier molecular flexibility index (Phi) is 3.68. The molecule has 0 unspecified atom stereocenters. The summed E-state index contributed by atoms with van der Waals surface area (Å²) in [5.74, 6) is 0. The first-order chi connectivity index (χ1) is 8.47. The second-order valence-corrected chi connectivity index (χ2v) is 5.17. The largest absolute Gasteiger partial charge is 0.417 e. The van der Waals surface area contributed by atoms with Crippen molar-refractivity contribution in [3.05, 3.63) is 29.8 Å². The van der Waals surface area contributed by atoms with Crippen LogP contribution in [0.4, 0.5) is 13.2 Å². The highest BCUT2D eigenvalue weighted by Gasteiger charge is 2.38. The molecule has 0 bridgehead atoms. The van der Waals surface area contributed by atoms with Gasteiger partial charge in [0, 0.05) is 4.90 Å². The smallest absolute Gasteiger partial charge is 0.301 e. The Morgan fingerprint density at radius 3 is 2.44 bits per heavy atom. The van der Waals surface area contributed by atoms with E-state index in [1.165, 1.54) is 12.1 Å². The fourth-order valence-corrected chi connectivity index (χ4v) is 2.75. The van der Waals surface area contributed by atoms with E-state index in [9.17, 15) is 18.0 Å². The Morgan fingerprint density at radius 2 is 1.94 bits per heavy atom. The molecule has 1 aliphatic rings. The second kappa shape index (κ2) is 4.93. The van der Waals surface area contributed by atoms with Gasteiger partial charge in [0.25, 0.3) is 0 Å². The van der Waals surface area contributed by atoms with Gasteiger partial charge < -0.3 is 4.79 Å². The van der Waals surface area contributed by atoms with Gasteiger partial charge in [0.15, 0.2) is 0 Å². The summed E-state index contributed by atoms with van der Waals surface area (Å²) in [6, 6.07) is 5.34. The van der Waals surface area contributed by atoms with E-state index in [1.807, 2.05) is 0 Å². The number of hydrogen-bond acceptors (Lipinski definition) is 3. The molecule has 1 aromatic rings. The normalized spacial score (nSPS) is 18.2. The van der Waals surface area contributed by atoms with Crippen LogP contribution in [0.3, 0.4) is 0 Å². The maximum absolute atomic E-state index is 12.7. The maximum atomic E-state index is 12.7.